The third kappa shape index (κ3) is 3.16. The molecule has 1 aliphatic rings. The van der Waals surface area contributed by atoms with Crippen LogP contribution in [0.2, 0.25) is 0 Å². The van der Waals surface area contributed by atoms with Gasteiger partial charge in [-0.05, 0) is 18.1 Å². The van der Waals surface area contributed by atoms with E-state index in [4.69, 9.17) is 16.3 Å². The van der Waals surface area contributed by atoms with Crippen molar-refractivity contribution in [3.63, 3.8) is 0 Å². The van der Waals surface area contributed by atoms with Crippen LogP contribution in [0.15, 0.2) is 18.2 Å². The fourth-order valence-electron chi connectivity index (χ4n) is 2.52. The number of non-ortho nitro benzene ring substituents is 1. The number of rotatable bonds is 5. The second kappa shape index (κ2) is 6.21. The van der Waals surface area contributed by atoms with E-state index in [1.807, 2.05) is 0 Å². The summed E-state index contributed by atoms with van der Waals surface area (Å²) in [6, 6.07) is 4.89. The number of hydrogen-bond donors (Lipinski definition) is 0. The number of alkyl halides is 1. The maximum Gasteiger partial charge on any atom is 0.269 e. The van der Waals surface area contributed by atoms with Crippen molar-refractivity contribution in [3.8, 4) is 0 Å². The third-order valence-corrected chi connectivity index (χ3v) is 3.73. The van der Waals surface area contributed by atoms with E-state index < -0.39 is 4.92 Å². The lowest BCUT2D eigenvalue weighted by Gasteiger charge is -2.21. The van der Waals surface area contributed by atoms with Gasteiger partial charge >= 0.3 is 0 Å². The molecule has 0 aromatic heterocycles. The molecule has 1 atom stereocenters. The molecule has 19 heavy (non-hydrogen) atoms. The molecule has 1 fully saturated rings. The monoisotopic (exact) mass is 284 g/mol. The number of methoxy groups -OCH3 is 1. The molecule has 2 rings (SSSR count). The lowest BCUT2D eigenvalue weighted by atomic mass is 10.1. The highest BCUT2D eigenvalue weighted by Crippen LogP contribution is 2.30. The predicted molar refractivity (Wildman–Crippen MR) is 74.8 cm³/mol. The van der Waals surface area contributed by atoms with Gasteiger partial charge in [-0.15, -0.1) is 11.6 Å². The van der Waals surface area contributed by atoms with Crippen LogP contribution in [-0.2, 0) is 10.6 Å². The van der Waals surface area contributed by atoms with E-state index in [0.29, 0.717) is 5.92 Å². The van der Waals surface area contributed by atoms with Gasteiger partial charge in [0.1, 0.15) is 0 Å². The molecule has 0 aliphatic carbocycles. The van der Waals surface area contributed by atoms with E-state index >= 15 is 0 Å². The molecule has 1 aromatic rings. The third-order valence-electron chi connectivity index (χ3n) is 3.45. The van der Waals surface area contributed by atoms with Gasteiger partial charge in [0.05, 0.1) is 11.5 Å². The second-order valence-corrected chi connectivity index (χ2v) is 5.03. The summed E-state index contributed by atoms with van der Waals surface area (Å²) in [4.78, 5) is 12.6. The van der Waals surface area contributed by atoms with Crippen LogP contribution < -0.4 is 4.90 Å². The molecule has 1 saturated heterocycles. The van der Waals surface area contributed by atoms with Gasteiger partial charge in [-0.3, -0.25) is 10.1 Å². The van der Waals surface area contributed by atoms with Gasteiger partial charge in [-0.1, -0.05) is 0 Å². The number of nitro groups is 1. The fourth-order valence-corrected chi connectivity index (χ4v) is 2.74. The maximum atomic E-state index is 10.8. The van der Waals surface area contributed by atoms with Crippen molar-refractivity contribution in [1.29, 1.82) is 0 Å². The Bertz CT molecular complexity index is 467. The van der Waals surface area contributed by atoms with Crippen molar-refractivity contribution < 1.29 is 9.66 Å². The zero-order valence-corrected chi connectivity index (χ0v) is 11.6. The van der Waals surface area contributed by atoms with Crippen molar-refractivity contribution in [2.75, 3.05) is 31.7 Å². The largest absolute Gasteiger partial charge is 0.384 e. The molecule has 0 N–H and O–H groups in total. The van der Waals surface area contributed by atoms with Gasteiger partial charge in [0, 0.05) is 49.8 Å². The number of nitro benzene ring substituents is 1. The first kappa shape index (κ1) is 14.1. The average Bonchev–Trinajstić information content (AvgIpc) is 2.86. The van der Waals surface area contributed by atoms with Crippen molar-refractivity contribution in [2.45, 2.75) is 12.3 Å². The zero-order chi connectivity index (χ0) is 13.8. The molecular weight excluding hydrogens is 268 g/mol. The Kier molecular flexibility index (Phi) is 4.61. The quantitative estimate of drug-likeness (QED) is 0.474. The number of nitrogens with zero attached hydrogens (tertiary/aromatic N) is 2. The Morgan fingerprint density at radius 2 is 2.37 bits per heavy atom. The molecule has 0 bridgehead atoms. The first-order chi connectivity index (χ1) is 9.15. The molecule has 6 heteroatoms. The van der Waals surface area contributed by atoms with Crippen LogP contribution in [0.5, 0.6) is 0 Å². The van der Waals surface area contributed by atoms with E-state index in [2.05, 4.69) is 4.90 Å². The normalized spacial score (nSPS) is 18.8. The molecule has 5 nitrogen and oxygen atoms in total. The molecule has 1 unspecified atom stereocenters. The number of hydrogen-bond acceptors (Lipinski definition) is 4. The van der Waals surface area contributed by atoms with Crippen LogP contribution in [-0.4, -0.2) is 31.7 Å². The summed E-state index contributed by atoms with van der Waals surface area (Å²) in [6.07, 6.45) is 1.08. The lowest BCUT2D eigenvalue weighted by molar-refractivity contribution is -0.384. The highest BCUT2D eigenvalue weighted by atomic mass is 35.5. The smallest absolute Gasteiger partial charge is 0.269 e. The molecule has 104 valence electrons. The minimum absolute atomic E-state index is 0.0899. The number of benzene rings is 1. The molecule has 0 amide bonds. The summed E-state index contributed by atoms with van der Waals surface area (Å²) in [6.45, 7) is 2.60. The summed E-state index contributed by atoms with van der Waals surface area (Å²) in [5.41, 5.74) is 1.90. The van der Waals surface area contributed by atoms with Gasteiger partial charge in [0.25, 0.3) is 5.69 Å². The Morgan fingerprint density at radius 3 is 3.00 bits per heavy atom. The Hall–Kier alpha value is -1.33. The van der Waals surface area contributed by atoms with Gasteiger partial charge in [-0.25, -0.2) is 0 Å². The standard InChI is InChI=1S/C13H17ClN2O3/c1-19-9-10-4-5-15(8-10)13-3-2-12(16(17)18)6-11(13)7-14/h2-3,6,10H,4-5,7-9H2,1H3. The fraction of sp³-hybridized carbons (Fsp3) is 0.538. The highest BCUT2D eigenvalue weighted by Gasteiger charge is 2.24. The van der Waals surface area contributed by atoms with Gasteiger partial charge in [0.15, 0.2) is 0 Å². The molecule has 1 aliphatic heterocycles. The predicted octanol–water partition coefficient (Wildman–Crippen LogP) is 2.81. The van der Waals surface area contributed by atoms with E-state index in [-0.39, 0.29) is 11.6 Å². The topological polar surface area (TPSA) is 55.6 Å². The maximum absolute atomic E-state index is 10.8. The van der Waals surface area contributed by atoms with Gasteiger partial charge < -0.3 is 9.64 Å². The summed E-state index contributed by atoms with van der Waals surface area (Å²) >= 11 is 5.91. The van der Waals surface area contributed by atoms with Crippen LogP contribution in [0.4, 0.5) is 11.4 Å². The van der Waals surface area contributed by atoms with Crippen molar-refractivity contribution in [2.24, 2.45) is 5.92 Å². The number of halogens is 1. The highest BCUT2D eigenvalue weighted by molar-refractivity contribution is 6.17. The van der Waals surface area contributed by atoms with E-state index in [1.54, 1.807) is 19.2 Å². The van der Waals surface area contributed by atoms with Crippen molar-refractivity contribution in [1.82, 2.24) is 0 Å². The van der Waals surface area contributed by atoms with Crippen molar-refractivity contribution in [3.05, 3.63) is 33.9 Å². The van der Waals surface area contributed by atoms with E-state index in [0.717, 1.165) is 37.4 Å². The molecule has 0 radical (unpaired) electrons. The van der Waals surface area contributed by atoms with Crippen molar-refractivity contribution >= 4 is 23.0 Å². The molecule has 1 aromatic carbocycles. The van der Waals surface area contributed by atoms with E-state index in [1.165, 1.54) is 6.07 Å². The zero-order valence-electron chi connectivity index (χ0n) is 10.8. The molecule has 0 spiro atoms. The minimum atomic E-state index is -0.391. The average molecular weight is 285 g/mol. The first-order valence-electron chi connectivity index (χ1n) is 6.23. The van der Waals surface area contributed by atoms with Crippen LogP contribution >= 0.6 is 11.6 Å². The number of anilines is 1. The van der Waals surface area contributed by atoms with E-state index in [9.17, 15) is 10.1 Å². The number of ether oxygens (including phenoxy) is 1. The Balaban J connectivity index is 2.18. The van der Waals surface area contributed by atoms with Crippen LogP contribution in [0.3, 0.4) is 0 Å². The lowest BCUT2D eigenvalue weighted by Crippen LogP contribution is -2.22. The Morgan fingerprint density at radius 1 is 1.58 bits per heavy atom. The SMILES string of the molecule is COCC1CCN(c2ccc([N+](=O)[O-])cc2CCl)C1. The molecule has 0 saturated carbocycles. The second-order valence-electron chi connectivity index (χ2n) is 4.76. The first-order valence-corrected chi connectivity index (χ1v) is 6.76. The summed E-state index contributed by atoms with van der Waals surface area (Å²) in [7, 11) is 1.71. The minimum Gasteiger partial charge on any atom is -0.384 e. The van der Waals surface area contributed by atoms with Crippen LogP contribution in [0, 0.1) is 16.0 Å². The molecule has 1 heterocycles. The van der Waals surface area contributed by atoms with Crippen LogP contribution in [0.1, 0.15) is 12.0 Å². The van der Waals surface area contributed by atoms with Crippen LogP contribution in [0.25, 0.3) is 0 Å². The summed E-state index contributed by atoms with van der Waals surface area (Å²) in [5, 5.41) is 10.8. The summed E-state index contributed by atoms with van der Waals surface area (Å²) < 4.78 is 5.18. The Labute approximate surface area is 117 Å². The van der Waals surface area contributed by atoms with Gasteiger partial charge in [-0.2, -0.15) is 0 Å². The summed E-state index contributed by atoms with van der Waals surface area (Å²) in [5.74, 6) is 0.797. The molecular formula is C13H17ClN2O3. The van der Waals surface area contributed by atoms with Gasteiger partial charge in [0.2, 0.25) is 0 Å².